The summed E-state index contributed by atoms with van der Waals surface area (Å²) < 4.78 is 5.25. The van der Waals surface area contributed by atoms with E-state index in [1.54, 1.807) is 13.3 Å². The second kappa shape index (κ2) is 6.43. The zero-order chi connectivity index (χ0) is 15.4. The number of carbonyl (C=O) groups is 1. The van der Waals surface area contributed by atoms with Crippen molar-refractivity contribution in [2.24, 2.45) is 0 Å². The summed E-state index contributed by atoms with van der Waals surface area (Å²) in [5.41, 5.74) is 1.22. The third kappa shape index (κ3) is 3.52. The summed E-state index contributed by atoms with van der Waals surface area (Å²) in [7, 11) is 1.61. The number of hydrogen-bond donors (Lipinski definition) is 2. The molecule has 0 bridgehead atoms. The number of aromatic nitrogens is 2. The number of anilines is 1. The SMILES string of the molecule is COc1ccccc1CNC(=O)c1cnc(NC2CC2)cn1. The summed E-state index contributed by atoms with van der Waals surface area (Å²) in [4.78, 5) is 20.4. The van der Waals surface area contributed by atoms with Gasteiger partial charge in [0, 0.05) is 18.2 Å². The normalized spacial score (nSPS) is 13.5. The van der Waals surface area contributed by atoms with Crippen LogP contribution in [-0.2, 0) is 6.54 Å². The summed E-state index contributed by atoms with van der Waals surface area (Å²) in [5.74, 6) is 1.21. The molecular weight excluding hydrogens is 280 g/mol. The van der Waals surface area contributed by atoms with Crippen molar-refractivity contribution in [3.8, 4) is 5.75 Å². The molecule has 0 radical (unpaired) electrons. The van der Waals surface area contributed by atoms with Gasteiger partial charge in [-0.15, -0.1) is 0 Å². The van der Waals surface area contributed by atoms with Crippen LogP contribution in [0.15, 0.2) is 36.7 Å². The number of methoxy groups -OCH3 is 1. The highest BCUT2D eigenvalue weighted by Gasteiger charge is 2.21. The Balaban J connectivity index is 1.59. The van der Waals surface area contributed by atoms with Gasteiger partial charge in [-0.2, -0.15) is 0 Å². The Morgan fingerprint density at radius 1 is 1.27 bits per heavy atom. The molecule has 2 aromatic rings. The third-order valence-electron chi connectivity index (χ3n) is 3.45. The first-order valence-electron chi connectivity index (χ1n) is 7.25. The minimum Gasteiger partial charge on any atom is -0.496 e. The van der Waals surface area contributed by atoms with Gasteiger partial charge in [0.05, 0.1) is 19.5 Å². The molecule has 1 aromatic heterocycles. The van der Waals surface area contributed by atoms with Gasteiger partial charge in [0.2, 0.25) is 0 Å². The molecule has 114 valence electrons. The van der Waals surface area contributed by atoms with Gasteiger partial charge in [-0.3, -0.25) is 4.79 Å². The zero-order valence-electron chi connectivity index (χ0n) is 12.4. The van der Waals surface area contributed by atoms with E-state index in [9.17, 15) is 4.79 Å². The first-order chi connectivity index (χ1) is 10.8. The summed E-state index contributed by atoms with van der Waals surface area (Å²) in [6, 6.07) is 8.08. The molecule has 2 N–H and O–H groups in total. The number of amides is 1. The quantitative estimate of drug-likeness (QED) is 0.853. The van der Waals surface area contributed by atoms with Gasteiger partial charge < -0.3 is 15.4 Å². The van der Waals surface area contributed by atoms with E-state index < -0.39 is 0 Å². The van der Waals surface area contributed by atoms with Crippen LogP contribution in [0.25, 0.3) is 0 Å². The topological polar surface area (TPSA) is 76.1 Å². The van der Waals surface area contributed by atoms with E-state index in [4.69, 9.17) is 4.74 Å². The van der Waals surface area contributed by atoms with Crippen molar-refractivity contribution in [2.75, 3.05) is 12.4 Å². The van der Waals surface area contributed by atoms with Gasteiger partial charge in [-0.1, -0.05) is 18.2 Å². The second-order valence-corrected chi connectivity index (χ2v) is 5.20. The molecule has 1 aromatic carbocycles. The minimum absolute atomic E-state index is 0.253. The maximum atomic E-state index is 12.1. The highest BCUT2D eigenvalue weighted by molar-refractivity contribution is 5.92. The maximum Gasteiger partial charge on any atom is 0.271 e. The number of benzene rings is 1. The van der Waals surface area contributed by atoms with Gasteiger partial charge in [0.1, 0.15) is 17.3 Å². The molecule has 1 heterocycles. The molecule has 3 rings (SSSR count). The Morgan fingerprint density at radius 2 is 2.09 bits per heavy atom. The lowest BCUT2D eigenvalue weighted by Crippen LogP contribution is -2.24. The van der Waals surface area contributed by atoms with E-state index in [0.717, 1.165) is 11.3 Å². The van der Waals surface area contributed by atoms with Crippen LogP contribution in [0.3, 0.4) is 0 Å². The first kappa shape index (κ1) is 14.3. The lowest BCUT2D eigenvalue weighted by molar-refractivity contribution is 0.0945. The van der Waals surface area contributed by atoms with Crippen molar-refractivity contribution < 1.29 is 9.53 Å². The van der Waals surface area contributed by atoms with Crippen LogP contribution in [0.4, 0.5) is 5.82 Å². The second-order valence-electron chi connectivity index (χ2n) is 5.20. The van der Waals surface area contributed by atoms with Gasteiger partial charge in [0.25, 0.3) is 5.91 Å². The molecular formula is C16H18N4O2. The van der Waals surface area contributed by atoms with Gasteiger partial charge in [0.15, 0.2) is 0 Å². The Hall–Kier alpha value is -2.63. The van der Waals surface area contributed by atoms with Crippen LogP contribution < -0.4 is 15.4 Å². The van der Waals surface area contributed by atoms with Crippen LogP contribution in [0.2, 0.25) is 0 Å². The number of rotatable bonds is 6. The van der Waals surface area contributed by atoms with Gasteiger partial charge in [-0.05, 0) is 18.9 Å². The van der Waals surface area contributed by atoms with E-state index in [1.165, 1.54) is 19.0 Å². The molecule has 1 fully saturated rings. The average molecular weight is 298 g/mol. The molecule has 0 saturated heterocycles. The molecule has 0 aliphatic heterocycles. The number of hydrogen-bond acceptors (Lipinski definition) is 5. The van der Waals surface area contributed by atoms with Crippen molar-refractivity contribution in [1.82, 2.24) is 15.3 Å². The van der Waals surface area contributed by atoms with Crippen molar-refractivity contribution in [3.05, 3.63) is 47.9 Å². The van der Waals surface area contributed by atoms with Crippen LogP contribution >= 0.6 is 0 Å². The Kier molecular flexibility index (Phi) is 4.18. The fourth-order valence-electron chi connectivity index (χ4n) is 2.07. The lowest BCUT2D eigenvalue weighted by atomic mass is 10.2. The summed E-state index contributed by atoms with van der Waals surface area (Å²) in [6.45, 7) is 0.382. The standard InChI is InChI=1S/C16H18N4O2/c1-22-14-5-3-2-4-11(14)8-19-16(21)13-9-18-15(10-17-13)20-12-6-7-12/h2-5,9-10,12H,6-8H2,1H3,(H,18,20)(H,19,21). The molecule has 6 heteroatoms. The number of para-hydroxylation sites is 1. The molecule has 6 nitrogen and oxygen atoms in total. The minimum atomic E-state index is -0.253. The van der Waals surface area contributed by atoms with E-state index in [2.05, 4.69) is 20.6 Å². The molecule has 1 saturated carbocycles. The third-order valence-corrected chi connectivity index (χ3v) is 3.45. The smallest absolute Gasteiger partial charge is 0.271 e. The Labute approximate surface area is 128 Å². The molecule has 22 heavy (non-hydrogen) atoms. The molecule has 0 spiro atoms. The average Bonchev–Trinajstić information content (AvgIpc) is 3.37. The van der Waals surface area contributed by atoms with E-state index >= 15 is 0 Å². The van der Waals surface area contributed by atoms with E-state index in [-0.39, 0.29) is 5.91 Å². The van der Waals surface area contributed by atoms with Gasteiger partial charge in [-0.25, -0.2) is 9.97 Å². The van der Waals surface area contributed by atoms with Gasteiger partial charge >= 0.3 is 0 Å². The maximum absolute atomic E-state index is 12.1. The summed E-state index contributed by atoms with van der Waals surface area (Å²) in [5, 5.41) is 6.05. The van der Waals surface area contributed by atoms with Crippen LogP contribution in [0.5, 0.6) is 5.75 Å². The summed E-state index contributed by atoms with van der Waals surface area (Å²) >= 11 is 0. The molecule has 1 aliphatic carbocycles. The van der Waals surface area contributed by atoms with Crippen molar-refractivity contribution >= 4 is 11.7 Å². The van der Waals surface area contributed by atoms with E-state index in [1.807, 2.05) is 24.3 Å². The monoisotopic (exact) mass is 298 g/mol. The van der Waals surface area contributed by atoms with Crippen molar-refractivity contribution in [2.45, 2.75) is 25.4 Å². The Morgan fingerprint density at radius 3 is 2.77 bits per heavy atom. The van der Waals surface area contributed by atoms with Crippen LogP contribution in [0, 0.1) is 0 Å². The predicted molar refractivity (Wildman–Crippen MR) is 82.8 cm³/mol. The molecule has 0 atom stereocenters. The van der Waals surface area contributed by atoms with Crippen LogP contribution in [0.1, 0.15) is 28.9 Å². The highest BCUT2D eigenvalue weighted by atomic mass is 16.5. The number of nitrogens with one attached hydrogen (secondary N) is 2. The fraction of sp³-hybridized carbons (Fsp3) is 0.312. The van der Waals surface area contributed by atoms with Crippen LogP contribution in [-0.4, -0.2) is 29.0 Å². The largest absolute Gasteiger partial charge is 0.496 e. The molecule has 0 unspecified atom stereocenters. The Bertz CT molecular complexity index is 653. The first-order valence-corrected chi connectivity index (χ1v) is 7.25. The van der Waals surface area contributed by atoms with E-state index in [0.29, 0.717) is 24.1 Å². The molecule has 1 aliphatic rings. The van der Waals surface area contributed by atoms with Crippen molar-refractivity contribution in [1.29, 1.82) is 0 Å². The van der Waals surface area contributed by atoms with Crippen molar-refractivity contribution in [3.63, 3.8) is 0 Å². The number of ether oxygens (including phenoxy) is 1. The number of carbonyl (C=O) groups excluding carboxylic acids is 1. The fourth-order valence-corrected chi connectivity index (χ4v) is 2.07. The summed E-state index contributed by atoms with van der Waals surface area (Å²) in [6.07, 6.45) is 5.42. The zero-order valence-corrected chi connectivity index (χ0v) is 12.4. The molecule has 1 amide bonds. The predicted octanol–water partition coefficient (Wildman–Crippen LogP) is 1.99. The number of nitrogens with zero attached hydrogens (tertiary/aromatic N) is 2. The lowest BCUT2D eigenvalue weighted by Gasteiger charge is -2.09. The highest BCUT2D eigenvalue weighted by Crippen LogP contribution is 2.23.